The summed E-state index contributed by atoms with van der Waals surface area (Å²) in [5.74, 6) is -0.344. The monoisotopic (exact) mass is 529 g/mol. The number of hydrogen-bond donors (Lipinski definition) is 1. The van der Waals surface area contributed by atoms with Gasteiger partial charge in [-0.3, -0.25) is 13.9 Å². The molecule has 0 aliphatic heterocycles. The molecule has 0 heterocycles. The van der Waals surface area contributed by atoms with Crippen molar-refractivity contribution in [1.82, 2.24) is 10.2 Å². The van der Waals surface area contributed by atoms with Crippen molar-refractivity contribution in [3.63, 3.8) is 0 Å². The van der Waals surface area contributed by atoms with Crippen molar-refractivity contribution in [3.8, 4) is 5.75 Å². The Morgan fingerprint density at radius 2 is 1.74 bits per heavy atom. The largest absolute Gasteiger partial charge is 0.497 e. The van der Waals surface area contributed by atoms with Gasteiger partial charge in [-0.25, -0.2) is 8.42 Å². The summed E-state index contributed by atoms with van der Waals surface area (Å²) in [4.78, 5) is 27.4. The Kier molecular flexibility index (Phi) is 10.0. The lowest BCUT2D eigenvalue weighted by Gasteiger charge is -2.31. The molecule has 0 aliphatic carbocycles. The molecule has 11 heteroatoms. The highest BCUT2D eigenvalue weighted by Crippen LogP contribution is 2.25. The molecule has 0 fully saturated rings. The van der Waals surface area contributed by atoms with Crippen molar-refractivity contribution >= 4 is 50.7 Å². The van der Waals surface area contributed by atoms with Crippen LogP contribution >= 0.6 is 23.2 Å². The Balaban J connectivity index is 2.38. The van der Waals surface area contributed by atoms with Crippen LogP contribution in [0, 0.1) is 0 Å². The van der Waals surface area contributed by atoms with Crippen LogP contribution < -0.4 is 14.4 Å². The van der Waals surface area contributed by atoms with Crippen LogP contribution in [0.4, 0.5) is 5.69 Å². The van der Waals surface area contributed by atoms with Crippen LogP contribution in [0.15, 0.2) is 42.5 Å². The van der Waals surface area contributed by atoms with Gasteiger partial charge in [-0.2, -0.15) is 0 Å². The predicted molar refractivity (Wildman–Crippen MR) is 135 cm³/mol. The van der Waals surface area contributed by atoms with Gasteiger partial charge in [0.05, 0.1) is 29.1 Å². The van der Waals surface area contributed by atoms with Gasteiger partial charge in [-0.1, -0.05) is 36.2 Å². The second-order valence-electron chi connectivity index (χ2n) is 7.70. The second kappa shape index (κ2) is 12.3. The number of halogens is 2. The van der Waals surface area contributed by atoms with Crippen LogP contribution in [0.5, 0.6) is 5.75 Å². The third-order valence-corrected chi connectivity index (χ3v) is 6.97. The number of rotatable bonds is 11. The normalized spacial score (nSPS) is 12.1. The lowest BCUT2D eigenvalue weighted by molar-refractivity contribution is -0.139. The lowest BCUT2D eigenvalue weighted by Crippen LogP contribution is -2.51. The molecule has 186 valence electrons. The number of methoxy groups -OCH3 is 1. The van der Waals surface area contributed by atoms with Crippen molar-refractivity contribution in [3.05, 3.63) is 58.1 Å². The van der Waals surface area contributed by atoms with Crippen molar-refractivity contribution in [2.75, 3.05) is 30.8 Å². The first-order valence-electron chi connectivity index (χ1n) is 10.6. The van der Waals surface area contributed by atoms with E-state index in [9.17, 15) is 18.0 Å². The molecule has 2 aromatic carbocycles. The summed E-state index contributed by atoms with van der Waals surface area (Å²) in [7, 11) is -2.31. The summed E-state index contributed by atoms with van der Waals surface area (Å²) in [6, 6.07) is 10.4. The number of ether oxygens (including phenoxy) is 1. The van der Waals surface area contributed by atoms with E-state index >= 15 is 0 Å². The molecule has 0 saturated carbocycles. The van der Waals surface area contributed by atoms with Gasteiger partial charge in [-0.05, 0) is 55.3 Å². The van der Waals surface area contributed by atoms with E-state index in [1.54, 1.807) is 49.4 Å². The minimum atomic E-state index is -3.81. The van der Waals surface area contributed by atoms with Gasteiger partial charge in [-0.15, -0.1) is 0 Å². The second-order valence-corrected chi connectivity index (χ2v) is 10.4. The number of benzene rings is 2. The molecule has 0 aromatic heterocycles. The van der Waals surface area contributed by atoms with Gasteiger partial charge in [0.2, 0.25) is 21.8 Å². The number of carbonyl (C=O) groups is 2. The highest BCUT2D eigenvalue weighted by Gasteiger charge is 2.30. The molecule has 0 aliphatic rings. The first kappa shape index (κ1) is 27.8. The summed E-state index contributed by atoms with van der Waals surface area (Å²) in [6.07, 6.45) is 1.75. The number of hydrogen-bond acceptors (Lipinski definition) is 5. The molecular formula is C23H29Cl2N3O5S. The van der Waals surface area contributed by atoms with Crippen LogP contribution in [0.1, 0.15) is 25.8 Å². The third-order valence-electron chi connectivity index (χ3n) is 5.09. The topological polar surface area (TPSA) is 96.0 Å². The molecule has 2 rings (SSSR count). The number of anilines is 1. The van der Waals surface area contributed by atoms with E-state index in [1.807, 2.05) is 6.92 Å². The van der Waals surface area contributed by atoms with Crippen LogP contribution in [0.2, 0.25) is 10.0 Å². The zero-order chi connectivity index (χ0) is 25.5. The Morgan fingerprint density at radius 3 is 2.26 bits per heavy atom. The Bertz CT molecular complexity index is 1110. The van der Waals surface area contributed by atoms with E-state index in [0.717, 1.165) is 17.0 Å². The Labute approximate surface area is 210 Å². The summed E-state index contributed by atoms with van der Waals surface area (Å²) >= 11 is 12.1. The van der Waals surface area contributed by atoms with Gasteiger partial charge in [0.25, 0.3) is 0 Å². The molecule has 1 unspecified atom stereocenters. The van der Waals surface area contributed by atoms with Gasteiger partial charge < -0.3 is 15.0 Å². The van der Waals surface area contributed by atoms with E-state index in [2.05, 4.69) is 5.32 Å². The quantitative estimate of drug-likeness (QED) is 0.478. The highest BCUT2D eigenvalue weighted by atomic mass is 35.5. The first-order valence-corrected chi connectivity index (χ1v) is 13.2. The molecule has 0 bridgehead atoms. The van der Waals surface area contributed by atoms with Crippen LogP contribution in [-0.4, -0.2) is 57.6 Å². The Morgan fingerprint density at radius 1 is 1.09 bits per heavy atom. The molecule has 1 atom stereocenters. The van der Waals surface area contributed by atoms with Crippen LogP contribution in [0.25, 0.3) is 0 Å². The summed E-state index contributed by atoms with van der Waals surface area (Å²) in [6.45, 7) is 3.52. The predicted octanol–water partition coefficient (Wildman–Crippen LogP) is 3.71. The first-order chi connectivity index (χ1) is 16.0. The number of nitrogens with zero attached hydrogens (tertiary/aromatic N) is 2. The minimum Gasteiger partial charge on any atom is -0.497 e. The Hall–Kier alpha value is -2.49. The number of nitrogens with one attached hydrogen (secondary N) is 1. The lowest BCUT2D eigenvalue weighted by atomic mass is 10.1. The van der Waals surface area contributed by atoms with Crippen molar-refractivity contribution in [2.24, 2.45) is 0 Å². The van der Waals surface area contributed by atoms with E-state index in [4.69, 9.17) is 27.9 Å². The molecule has 1 N–H and O–H groups in total. The number of amides is 2. The maximum absolute atomic E-state index is 13.4. The molecule has 0 radical (unpaired) electrons. The fourth-order valence-electron chi connectivity index (χ4n) is 3.18. The van der Waals surface area contributed by atoms with Crippen LogP contribution in [-0.2, 0) is 26.2 Å². The molecule has 8 nitrogen and oxygen atoms in total. The average Bonchev–Trinajstić information content (AvgIpc) is 2.80. The van der Waals surface area contributed by atoms with Gasteiger partial charge in [0.1, 0.15) is 18.3 Å². The molecular weight excluding hydrogens is 501 g/mol. The van der Waals surface area contributed by atoms with E-state index in [-0.39, 0.29) is 12.5 Å². The smallest absolute Gasteiger partial charge is 0.244 e. The maximum Gasteiger partial charge on any atom is 0.244 e. The van der Waals surface area contributed by atoms with Crippen LogP contribution in [0.3, 0.4) is 0 Å². The fraction of sp³-hybridized carbons (Fsp3) is 0.391. The molecule has 2 amide bonds. The van der Waals surface area contributed by atoms with Gasteiger partial charge >= 0.3 is 0 Å². The van der Waals surface area contributed by atoms with Crippen molar-refractivity contribution < 1.29 is 22.7 Å². The number of carbonyl (C=O) groups excluding carboxylic acids is 2. The maximum atomic E-state index is 13.4. The number of sulfonamides is 1. The average molecular weight is 530 g/mol. The zero-order valence-electron chi connectivity index (χ0n) is 19.5. The zero-order valence-corrected chi connectivity index (χ0v) is 21.9. The van der Waals surface area contributed by atoms with Gasteiger partial charge in [0.15, 0.2) is 0 Å². The third kappa shape index (κ3) is 7.51. The molecule has 0 spiro atoms. The SMILES string of the molecule is CCCNC(=O)C(C)N(Cc1ccc(Cl)c(Cl)c1)C(=O)CN(c1ccc(OC)cc1)S(C)(=O)=O. The summed E-state index contributed by atoms with van der Waals surface area (Å²) < 4.78 is 31.2. The van der Waals surface area contributed by atoms with E-state index in [0.29, 0.717) is 33.6 Å². The molecule has 0 saturated heterocycles. The fourth-order valence-corrected chi connectivity index (χ4v) is 4.35. The van der Waals surface area contributed by atoms with Crippen molar-refractivity contribution in [1.29, 1.82) is 0 Å². The van der Waals surface area contributed by atoms with E-state index < -0.39 is 28.5 Å². The van der Waals surface area contributed by atoms with E-state index in [1.165, 1.54) is 12.0 Å². The summed E-state index contributed by atoms with van der Waals surface area (Å²) in [5.41, 5.74) is 0.947. The highest BCUT2D eigenvalue weighted by molar-refractivity contribution is 7.92. The standard InChI is InChI=1S/C23H29Cl2N3O5S/c1-5-12-26-23(30)16(2)27(14-17-6-11-20(24)21(25)13-17)22(29)15-28(34(4,31)32)18-7-9-19(33-3)10-8-18/h6-11,13,16H,5,12,14-15H2,1-4H3,(H,26,30). The molecule has 2 aromatic rings. The minimum absolute atomic E-state index is 0.0383. The summed E-state index contributed by atoms with van der Waals surface area (Å²) in [5, 5.41) is 3.45. The van der Waals surface area contributed by atoms with Crippen molar-refractivity contribution in [2.45, 2.75) is 32.9 Å². The molecule has 34 heavy (non-hydrogen) atoms. The van der Waals surface area contributed by atoms with Gasteiger partial charge in [0, 0.05) is 13.1 Å².